The Bertz CT molecular complexity index is 1330. The van der Waals surface area contributed by atoms with Crippen LogP contribution in [0.3, 0.4) is 0 Å². The molecule has 0 unspecified atom stereocenters. The van der Waals surface area contributed by atoms with E-state index in [0.29, 0.717) is 27.7 Å². The van der Waals surface area contributed by atoms with Crippen LogP contribution >= 0.6 is 0 Å². The molecule has 4 rings (SSSR count). The first-order chi connectivity index (χ1) is 14.1. The topological polar surface area (TPSA) is 126 Å². The van der Waals surface area contributed by atoms with Crippen LogP contribution in [0.5, 0.6) is 0 Å². The van der Waals surface area contributed by atoms with Gasteiger partial charge < -0.3 is 5.73 Å². The molecule has 0 radical (unpaired) electrons. The molecule has 0 fully saturated rings. The largest absolute Gasteiger partial charge is 0.325 e. The van der Waals surface area contributed by atoms with Gasteiger partial charge in [0.25, 0.3) is 5.56 Å². The van der Waals surface area contributed by atoms with E-state index in [9.17, 15) is 10.1 Å². The fourth-order valence-electron chi connectivity index (χ4n) is 3.59. The van der Waals surface area contributed by atoms with E-state index in [2.05, 4.69) is 26.3 Å². The van der Waals surface area contributed by atoms with Gasteiger partial charge in [0.1, 0.15) is 6.07 Å². The normalized spacial score (nSPS) is 11.0. The Hall–Kier alpha value is -3.83. The van der Waals surface area contributed by atoms with Crippen molar-refractivity contribution in [3.05, 3.63) is 63.8 Å². The number of hydrogen-bond donors (Lipinski definition) is 2. The van der Waals surface area contributed by atoms with Crippen molar-refractivity contribution in [1.82, 2.24) is 25.0 Å². The average molecular weight is 385 g/mol. The number of H-pyrrole nitrogens is 1. The number of nitrogens with zero attached hydrogens (tertiary/aromatic N) is 5. The van der Waals surface area contributed by atoms with Gasteiger partial charge in [-0.05, 0) is 18.1 Å². The maximum absolute atomic E-state index is 12.1. The smallest absolute Gasteiger partial charge is 0.273 e. The molecule has 0 saturated heterocycles. The van der Waals surface area contributed by atoms with Crippen molar-refractivity contribution in [2.75, 3.05) is 0 Å². The molecule has 0 aliphatic heterocycles. The van der Waals surface area contributed by atoms with E-state index in [4.69, 9.17) is 5.73 Å². The lowest BCUT2D eigenvalue weighted by atomic mass is 9.95. The zero-order chi connectivity index (χ0) is 20.5. The predicted octanol–water partition coefficient (Wildman–Crippen LogP) is 2.28. The third-order valence-corrected chi connectivity index (χ3v) is 5.06. The van der Waals surface area contributed by atoms with E-state index in [0.717, 1.165) is 28.8 Å². The highest BCUT2D eigenvalue weighted by Crippen LogP contribution is 2.34. The van der Waals surface area contributed by atoms with Gasteiger partial charge in [0.2, 0.25) is 0 Å². The molecule has 0 spiro atoms. The van der Waals surface area contributed by atoms with Crippen LogP contribution in [-0.4, -0.2) is 25.0 Å². The molecule has 29 heavy (non-hydrogen) atoms. The predicted molar refractivity (Wildman–Crippen MR) is 110 cm³/mol. The molecule has 3 heterocycles. The molecule has 144 valence electrons. The number of aromatic nitrogens is 5. The Morgan fingerprint density at radius 1 is 1.24 bits per heavy atom. The van der Waals surface area contributed by atoms with Crippen LogP contribution in [-0.2, 0) is 20.0 Å². The Labute approximate surface area is 166 Å². The molecule has 3 N–H and O–H groups in total. The Morgan fingerprint density at radius 2 is 2.07 bits per heavy atom. The van der Waals surface area contributed by atoms with Crippen LogP contribution in [0.25, 0.3) is 33.3 Å². The summed E-state index contributed by atoms with van der Waals surface area (Å²) in [7, 11) is 1.83. The summed E-state index contributed by atoms with van der Waals surface area (Å²) in [4.78, 5) is 16.6. The minimum absolute atomic E-state index is 0.188. The van der Waals surface area contributed by atoms with Crippen molar-refractivity contribution in [3.63, 3.8) is 0 Å². The monoisotopic (exact) mass is 385 g/mol. The first kappa shape index (κ1) is 18.5. The molecule has 0 bridgehead atoms. The number of nitrogens with one attached hydrogen (secondary N) is 1. The number of nitriles is 1. The standard InChI is InChI=1S/C21H19N7O/c1-3-12-5-4-6-13(15(12)8-22)20-17(11-25-28(20)2)18-7-14-16(10-24-18)21(29)27-26-19(14)9-23/h4-7,10-11H,3,9,23H2,1-2H3,(H,27,29). The summed E-state index contributed by atoms with van der Waals surface area (Å²) in [6, 6.07) is 9.94. The molecule has 4 aromatic rings. The minimum atomic E-state index is -0.315. The lowest BCUT2D eigenvalue weighted by Gasteiger charge is -2.11. The van der Waals surface area contributed by atoms with Crippen LogP contribution in [0, 0.1) is 11.3 Å². The van der Waals surface area contributed by atoms with Gasteiger partial charge in [0.15, 0.2) is 0 Å². The Morgan fingerprint density at radius 3 is 2.79 bits per heavy atom. The van der Waals surface area contributed by atoms with Gasteiger partial charge in [-0.15, -0.1) is 0 Å². The van der Waals surface area contributed by atoms with Crippen molar-refractivity contribution < 1.29 is 0 Å². The van der Waals surface area contributed by atoms with E-state index in [1.54, 1.807) is 16.9 Å². The summed E-state index contributed by atoms with van der Waals surface area (Å²) in [5, 5.41) is 21.7. The third-order valence-electron chi connectivity index (χ3n) is 5.06. The van der Waals surface area contributed by atoms with Crippen molar-refractivity contribution in [1.29, 1.82) is 5.26 Å². The van der Waals surface area contributed by atoms with Gasteiger partial charge in [-0.1, -0.05) is 25.1 Å². The van der Waals surface area contributed by atoms with Gasteiger partial charge in [0, 0.05) is 36.3 Å². The summed E-state index contributed by atoms with van der Waals surface area (Å²) in [5.74, 6) is 0. The minimum Gasteiger partial charge on any atom is -0.325 e. The van der Waals surface area contributed by atoms with Gasteiger partial charge in [-0.2, -0.15) is 15.5 Å². The van der Waals surface area contributed by atoms with Gasteiger partial charge >= 0.3 is 0 Å². The molecule has 8 heteroatoms. The third kappa shape index (κ3) is 2.98. The van der Waals surface area contributed by atoms with Crippen molar-refractivity contribution in [2.24, 2.45) is 12.8 Å². The number of rotatable bonds is 4. The molecule has 8 nitrogen and oxygen atoms in total. The number of aromatic amines is 1. The van der Waals surface area contributed by atoms with Gasteiger partial charge in [0.05, 0.1) is 34.2 Å². The maximum atomic E-state index is 12.1. The lowest BCUT2D eigenvalue weighted by Crippen LogP contribution is -2.13. The quantitative estimate of drug-likeness (QED) is 0.555. The first-order valence-corrected chi connectivity index (χ1v) is 9.21. The summed E-state index contributed by atoms with van der Waals surface area (Å²) in [6.07, 6.45) is 3.99. The number of benzene rings is 1. The highest BCUT2D eigenvalue weighted by atomic mass is 16.1. The Balaban J connectivity index is 1.99. The zero-order valence-corrected chi connectivity index (χ0v) is 16.1. The van der Waals surface area contributed by atoms with Crippen LogP contribution in [0.15, 0.2) is 41.5 Å². The second kappa shape index (κ2) is 7.30. The lowest BCUT2D eigenvalue weighted by molar-refractivity contribution is 0.775. The molecular weight excluding hydrogens is 366 g/mol. The molecular formula is C21H19N7O. The second-order valence-electron chi connectivity index (χ2n) is 6.65. The highest BCUT2D eigenvalue weighted by Gasteiger charge is 2.19. The number of hydrogen-bond acceptors (Lipinski definition) is 6. The molecule has 0 atom stereocenters. The summed E-state index contributed by atoms with van der Waals surface area (Å²) in [5.41, 5.74) is 10.6. The molecule has 3 aromatic heterocycles. The van der Waals surface area contributed by atoms with Gasteiger partial charge in [-0.3, -0.25) is 14.5 Å². The SMILES string of the molecule is CCc1cccc(-c2c(-c3cc4c(CN)n[nH]c(=O)c4cn3)cnn2C)c1C#N. The van der Waals surface area contributed by atoms with Crippen LogP contribution in [0.2, 0.25) is 0 Å². The Kier molecular flexibility index (Phi) is 4.66. The highest BCUT2D eigenvalue weighted by molar-refractivity contribution is 5.89. The second-order valence-corrected chi connectivity index (χ2v) is 6.65. The number of aryl methyl sites for hydroxylation is 2. The number of pyridine rings is 1. The summed E-state index contributed by atoms with van der Waals surface area (Å²) in [6.45, 7) is 2.21. The van der Waals surface area contributed by atoms with E-state index < -0.39 is 0 Å². The number of nitrogens with two attached hydrogens (primary N) is 1. The van der Waals surface area contributed by atoms with Crippen LogP contribution in [0.4, 0.5) is 0 Å². The van der Waals surface area contributed by atoms with E-state index in [1.165, 1.54) is 6.20 Å². The molecule has 0 aliphatic carbocycles. The van der Waals surface area contributed by atoms with E-state index in [1.807, 2.05) is 32.2 Å². The fraction of sp³-hybridized carbons (Fsp3) is 0.190. The fourth-order valence-corrected chi connectivity index (χ4v) is 3.59. The zero-order valence-electron chi connectivity index (χ0n) is 16.1. The van der Waals surface area contributed by atoms with Crippen molar-refractivity contribution in [3.8, 4) is 28.6 Å². The van der Waals surface area contributed by atoms with E-state index in [-0.39, 0.29) is 12.1 Å². The summed E-state index contributed by atoms with van der Waals surface area (Å²) < 4.78 is 1.73. The van der Waals surface area contributed by atoms with Crippen molar-refractivity contribution in [2.45, 2.75) is 19.9 Å². The first-order valence-electron chi connectivity index (χ1n) is 9.21. The average Bonchev–Trinajstić information content (AvgIpc) is 3.14. The van der Waals surface area contributed by atoms with E-state index >= 15 is 0 Å². The summed E-state index contributed by atoms with van der Waals surface area (Å²) >= 11 is 0. The van der Waals surface area contributed by atoms with Gasteiger partial charge in [-0.25, -0.2) is 5.10 Å². The molecule has 0 amide bonds. The van der Waals surface area contributed by atoms with Crippen molar-refractivity contribution >= 4 is 10.8 Å². The van der Waals surface area contributed by atoms with Crippen LogP contribution < -0.4 is 11.3 Å². The van der Waals surface area contributed by atoms with Crippen LogP contribution in [0.1, 0.15) is 23.7 Å². The maximum Gasteiger partial charge on any atom is 0.273 e. The number of fused-ring (bicyclic) bond motifs is 1. The molecule has 0 aliphatic rings. The molecule has 1 aromatic carbocycles. The molecule has 0 saturated carbocycles.